The second-order valence-electron chi connectivity index (χ2n) is 5.14. The fourth-order valence-corrected chi connectivity index (χ4v) is 2.23. The lowest BCUT2D eigenvalue weighted by molar-refractivity contribution is 1.40. The fraction of sp³-hybridized carbons (Fsp3) is 0. The van der Waals surface area contributed by atoms with Crippen LogP contribution in [0, 0.1) is 22.7 Å². The molecule has 0 aliphatic heterocycles. The number of hydrogen-bond donors (Lipinski definition) is 5. The van der Waals surface area contributed by atoms with E-state index in [0.717, 1.165) is 22.2 Å². The standard InChI is InChI=1S/C18H15N5.2ClH/c19-17(20)12-4-1-11(2-5-12)3-8-15-9-13-6-7-14(18(21)22)10-16(13)23-15;;/h1-2,4-7,9-10,23H,(H3,19,20)(H3,21,22);2*1H. The number of nitrogens with two attached hydrogens (primary N) is 2. The van der Waals surface area contributed by atoms with Crippen molar-refractivity contribution in [3.63, 3.8) is 0 Å². The summed E-state index contributed by atoms with van der Waals surface area (Å²) < 4.78 is 0. The maximum absolute atomic E-state index is 7.47. The minimum absolute atomic E-state index is 0. The van der Waals surface area contributed by atoms with E-state index in [1.165, 1.54) is 0 Å². The number of halogens is 2. The van der Waals surface area contributed by atoms with E-state index in [2.05, 4.69) is 16.8 Å². The van der Waals surface area contributed by atoms with Crippen molar-refractivity contribution in [2.75, 3.05) is 0 Å². The van der Waals surface area contributed by atoms with E-state index in [1.807, 2.05) is 36.4 Å². The van der Waals surface area contributed by atoms with E-state index in [-0.39, 0.29) is 36.5 Å². The summed E-state index contributed by atoms with van der Waals surface area (Å²) >= 11 is 0. The second kappa shape index (κ2) is 8.25. The molecule has 25 heavy (non-hydrogen) atoms. The SMILES string of the molecule is Cl.Cl.N=C(N)c1ccc(C#Cc2cc3ccc(C(=N)N)cc3[nH]2)cc1. The Morgan fingerprint density at radius 1 is 0.800 bits per heavy atom. The Kier molecular flexibility index (Phi) is 6.63. The van der Waals surface area contributed by atoms with Gasteiger partial charge in [0.05, 0.1) is 5.69 Å². The van der Waals surface area contributed by atoms with Gasteiger partial charge in [0.2, 0.25) is 0 Å². The molecule has 0 bridgehead atoms. The van der Waals surface area contributed by atoms with Gasteiger partial charge in [-0.2, -0.15) is 0 Å². The average Bonchev–Trinajstić information content (AvgIpc) is 2.95. The van der Waals surface area contributed by atoms with Gasteiger partial charge in [-0.25, -0.2) is 0 Å². The number of amidine groups is 2. The van der Waals surface area contributed by atoms with Gasteiger partial charge in [-0.1, -0.05) is 30.2 Å². The first kappa shape index (κ1) is 20.1. The van der Waals surface area contributed by atoms with Crippen LogP contribution < -0.4 is 11.5 Å². The molecule has 0 aliphatic rings. The minimum atomic E-state index is 0. The monoisotopic (exact) mass is 373 g/mol. The Balaban J connectivity index is 0.00000156. The first-order valence-electron chi connectivity index (χ1n) is 6.96. The summed E-state index contributed by atoms with van der Waals surface area (Å²) in [5.41, 5.74) is 14.8. The molecule has 0 amide bonds. The van der Waals surface area contributed by atoms with Crippen LogP contribution in [0.4, 0.5) is 0 Å². The molecule has 0 saturated heterocycles. The van der Waals surface area contributed by atoms with Gasteiger partial charge in [-0.3, -0.25) is 10.8 Å². The molecule has 0 fully saturated rings. The minimum Gasteiger partial charge on any atom is -0.384 e. The van der Waals surface area contributed by atoms with Crippen LogP contribution in [-0.2, 0) is 0 Å². The highest BCUT2D eigenvalue weighted by molar-refractivity contribution is 5.98. The Hall–Kier alpha value is -2.94. The van der Waals surface area contributed by atoms with Crippen LogP contribution in [0.3, 0.4) is 0 Å². The molecule has 128 valence electrons. The number of aromatic nitrogens is 1. The Labute approximate surface area is 157 Å². The van der Waals surface area contributed by atoms with E-state index in [0.29, 0.717) is 11.1 Å². The number of benzene rings is 2. The van der Waals surface area contributed by atoms with Gasteiger partial charge in [-0.05, 0) is 30.2 Å². The number of nitrogen functional groups attached to an aromatic ring is 2. The van der Waals surface area contributed by atoms with Gasteiger partial charge >= 0.3 is 0 Å². The molecule has 0 unspecified atom stereocenters. The van der Waals surface area contributed by atoms with E-state index in [1.54, 1.807) is 12.1 Å². The van der Waals surface area contributed by atoms with Gasteiger partial charge in [-0.15, -0.1) is 24.8 Å². The first-order valence-corrected chi connectivity index (χ1v) is 6.96. The second-order valence-corrected chi connectivity index (χ2v) is 5.14. The lowest BCUT2D eigenvalue weighted by Crippen LogP contribution is -2.10. The molecule has 3 rings (SSSR count). The topological polar surface area (TPSA) is 116 Å². The summed E-state index contributed by atoms with van der Waals surface area (Å²) in [6.07, 6.45) is 0. The van der Waals surface area contributed by atoms with Gasteiger partial charge in [0.15, 0.2) is 0 Å². The fourth-order valence-electron chi connectivity index (χ4n) is 2.23. The van der Waals surface area contributed by atoms with Crippen LogP contribution in [0.25, 0.3) is 10.9 Å². The Morgan fingerprint density at radius 2 is 1.40 bits per heavy atom. The van der Waals surface area contributed by atoms with Crippen molar-refractivity contribution < 1.29 is 0 Å². The van der Waals surface area contributed by atoms with E-state index in [4.69, 9.17) is 22.3 Å². The van der Waals surface area contributed by atoms with Gasteiger partial charge < -0.3 is 16.5 Å². The van der Waals surface area contributed by atoms with Gasteiger partial charge in [0.1, 0.15) is 11.7 Å². The van der Waals surface area contributed by atoms with Crippen molar-refractivity contribution in [2.24, 2.45) is 11.5 Å². The van der Waals surface area contributed by atoms with Gasteiger partial charge in [0, 0.05) is 27.6 Å². The summed E-state index contributed by atoms with van der Waals surface area (Å²) in [7, 11) is 0. The largest absolute Gasteiger partial charge is 0.384 e. The Morgan fingerprint density at radius 3 is 2.00 bits per heavy atom. The van der Waals surface area contributed by atoms with Gasteiger partial charge in [0.25, 0.3) is 0 Å². The third-order valence-corrected chi connectivity index (χ3v) is 3.47. The summed E-state index contributed by atoms with van der Waals surface area (Å²) in [5.74, 6) is 6.22. The van der Waals surface area contributed by atoms with E-state index < -0.39 is 0 Å². The molecule has 5 nitrogen and oxygen atoms in total. The van der Waals surface area contributed by atoms with Crippen LogP contribution in [0.15, 0.2) is 48.5 Å². The van der Waals surface area contributed by atoms with Crippen LogP contribution >= 0.6 is 24.8 Å². The Bertz CT molecular complexity index is 978. The molecule has 7 N–H and O–H groups in total. The van der Waals surface area contributed by atoms with Crippen molar-refractivity contribution in [1.82, 2.24) is 4.98 Å². The lowest BCUT2D eigenvalue weighted by atomic mass is 10.1. The highest BCUT2D eigenvalue weighted by Gasteiger charge is 2.02. The van der Waals surface area contributed by atoms with Crippen molar-refractivity contribution in [3.8, 4) is 11.8 Å². The van der Waals surface area contributed by atoms with Crippen molar-refractivity contribution in [3.05, 3.63) is 70.9 Å². The van der Waals surface area contributed by atoms with Crippen LogP contribution in [0.5, 0.6) is 0 Å². The highest BCUT2D eigenvalue weighted by atomic mass is 35.5. The van der Waals surface area contributed by atoms with E-state index in [9.17, 15) is 0 Å². The number of nitrogens with one attached hydrogen (secondary N) is 3. The summed E-state index contributed by atoms with van der Waals surface area (Å²) in [4.78, 5) is 3.21. The predicted molar refractivity (Wildman–Crippen MR) is 107 cm³/mol. The van der Waals surface area contributed by atoms with Crippen LogP contribution in [-0.4, -0.2) is 16.7 Å². The summed E-state index contributed by atoms with van der Waals surface area (Å²) in [6.45, 7) is 0. The smallest absolute Gasteiger partial charge is 0.122 e. The van der Waals surface area contributed by atoms with Crippen LogP contribution in [0.1, 0.15) is 22.4 Å². The number of rotatable bonds is 2. The molecule has 1 aromatic heterocycles. The zero-order valence-electron chi connectivity index (χ0n) is 13.1. The maximum atomic E-state index is 7.47. The molecule has 2 aromatic carbocycles. The zero-order valence-corrected chi connectivity index (χ0v) is 14.7. The number of fused-ring (bicyclic) bond motifs is 1. The molecule has 3 aromatic rings. The normalized spacial score (nSPS) is 9.28. The first-order chi connectivity index (χ1) is 11.0. The predicted octanol–water partition coefficient (Wildman–Crippen LogP) is 2.98. The highest BCUT2D eigenvalue weighted by Crippen LogP contribution is 2.16. The lowest BCUT2D eigenvalue weighted by Gasteiger charge is -1.97. The molecular weight excluding hydrogens is 357 g/mol. The number of hydrogen-bond acceptors (Lipinski definition) is 2. The summed E-state index contributed by atoms with van der Waals surface area (Å²) in [6, 6.07) is 14.7. The van der Waals surface area contributed by atoms with E-state index >= 15 is 0 Å². The molecule has 7 heteroatoms. The molecule has 0 radical (unpaired) electrons. The third-order valence-electron chi connectivity index (χ3n) is 3.47. The van der Waals surface area contributed by atoms with Crippen molar-refractivity contribution >= 4 is 47.4 Å². The molecular formula is C18H17Cl2N5. The number of aromatic amines is 1. The average molecular weight is 374 g/mol. The van der Waals surface area contributed by atoms with Crippen molar-refractivity contribution in [2.45, 2.75) is 0 Å². The number of H-pyrrole nitrogens is 1. The van der Waals surface area contributed by atoms with Crippen molar-refractivity contribution in [1.29, 1.82) is 10.8 Å². The third kappa shape index (κ3) is 4.54. The molecule has 1 heterocycles. The molecule has 0 spiro atoms. The quantitative estimate of drug-likeness (QED) is 0.270. The molecule has 0 aliphatic carbocycles. The molecule has 0 atom stereocenters. The maximum Gasteiger partial charge on any atom is 0.122 e. The summed E-state index contributed by atoms with van der Waals surface area (Å²) in [5, 5.41) is 15.9. The zero-order chi connectivity index (χ0) is 16.4. The molecule has 0 saturated carbocycles. The van der Waals surface area contributed by atoms with Crippen LogP contribution in [0.2, 0.25) is 0 Å².